The first-order valence-electron chi connectivity index (χ1n) is 13.9. The number of amides is 1. The van der Waals surface area contributed by atoms with Crippen LogP contribution in [0.1, 0.15) is 6.42 Å². The second kappa shape index (κ2) is 22.5. The van der Waals surface area contributed by atoms with Gasteiger partial charge < -0.3 is 39.1 Å². The van der Waals surface area contributed by atoms with E-state index in [2.05, 4.69) is 20.7 Å². The van der Waals surface area contributed by atoms with Gasteiger partial charge in [-0.15, -0.1) is 0 Å². The minimum Gasteiger partial charge on any atom is -0.383 e. The summed E-state index contributed by atoms with van der Waals surface area (Å²) in [5.41, 5.74) is 8.83. The zero-order valence-corrected chi connectivity index (χ0v) is 25.0. The van der Waals surface area contributed by atoms with Crippen LogP contribution in [0.5, 0.6) is 0 Å². The molecule has 240 valence electrons. The summed E-state index contributed by atoms with van der Waals surface area (Å²) < 4.78 is 64.9. The summed E-state index contributed by atoms with van der Waals surface area (Å²) >= 11 is 0. The van der Waals surface area contributed by atoms with E-state index in [1.165, 1.54) is 6.07 Å². The SMILES string of the molecule is [N-]=[N+]=NCCOCCOCCOCCOCCOCCOCCC(=O)NCCNc1cccc2c(S(=O)(=O)O)cccc12. The second-order valence-electron chi connectivity index (χ2n) is 8.79. The van der Waals surface area contributed by atoms with Crippen LogP contribution in [0.4, 0.5) is 5.69 Å². The maximum absolute atomic E-state index is 12.0. The van der Waals surface area contributed by atoms with Crippen molar-refractivity contribution in [2.45, 2.75) is 11.3 Å². The van der Waals surface area contributed by atoms with E-state index < -0.39 is 10.1 Å². The first-order chi connectivity index (χ1) is 20.9. The van der Waals surface area contributed by atoms with Gasteiger partial charge in [0.15, 0.2) is 0 Å². The molecule has 0 spiro atoms. The first-order valence-corrected chi connectivity index (χ1v) is 15.3. The van der Waals surface area contributed by atoms with Crippen LogP contribution in [-0.2, 0) is 43.3 Å². The molecule has 16 heteroatoms. The molecule has 0 saturated heterocycles. The molecule has 3 N–H and O–H groups in total. The van der Waals surface area contributed by atoms with Crippen molar-refractivity contribution in [2.75, 3.05) is 104 Å². The van der Waals surface area contributed by atoms with Crippen molar-refractivity contribution < 1.29 is 46.2 Å². The Labute approximate surface area is 251 Å². The van der Waals surface area contributed by atoms with Gasteiger partial charge in [-0.2, -0.15) is 8.42 Å². The van der Waals surface area contributed by atoms with Gasteiger partial charge in [-0.1, -0.05) is 29.4 Å². The van der Waals surface area contributed by atoms with Crippen LogP contribution in [-0.4, -0.2) is 118 Å². The van der Waals surface area contributed by atoms with Gasteiger partial charge in [0.2, 0.25) is 5.91 Å². The van der Waals surface area contributed by atoms with Gasteiger partial charge in [-0.3, -0.25) is 9.35 Å². The minimum atomic E-state index is -4.34. The van der Waals surface area contributed by atoms with Crippen LogP contribution in [0.25, 0.3) is 21.2 Å². The van der Waals surface area contributed by atoms with E-state index in [-0.39, 0.29) is 23.8 Å². The standard InChI is InChI=1S/C27H41N5O10S/c28-32-31-10-12-38-14-16-40-18-20-42-22-21-41-19-17-39-15-13-37-11-7-27(33)30-9-8-29-25-5-1-4-24-23(25)3-2-6-26(24)43(34,35)36/h1-6,29H,7-22H2,(H,30,33)(H,34,35,36). The Hall–Kier alpha value is -3.05. The topological polar surface area (TPSA) is 200 Å². The third-order valence-electron chi connectivity index (χ3n) is 5.65. The fourth-order valence-corrected chi connectivity index (χ4v) is 4.37. The summed E-state index contributed by atoms with van der Waals surface area (Å²) in [7, 11) is -4.34. The Morgan fingerprint density at radius 1 is 0.744 bits per heavy atom. The van der Waals surface area contributed by atoms with Crippen molar-refractivity contribution in [3.8, 4) is 0 Å². The number of azide groups is 1. The maximum Gasteiger partial charge on any atom is 0.295 e. The van der Waals surface area contributed by atoms with E-state index in [0.717, 1.165) is 0 Å². The van der Waals surface area contributed by atoms with Gasteiger partial charge in [0.05, 0.1) is 79.3 Å². The lowest BCUT2D eigenvalue weighted by Gasteiger charge is -2.12. The third kappa shape index (κ3) is 16.4. The quantitative estimate of drug-likeness (QED) is 0.0455. The fourth-order valence-electron chi connectivity index (χ4n) is 3.66. The Bertz CT molecular complexity index is 1230. The Morgan fingerprint density at radius 3 is 1.81 bits per heavy atom. The van der Waals surface area contributed by atoms with Crippen LogP contribution in [0.15, 0.2) is 46.4 Å². The monoisotopic (exact) mass is 627 g/mol. The number of fused-ring (bicyclic) bond motifs is 1. The lowest BCUT2D eigenvalue weighted by molar-refractivity contribution is -0.122. The van der Waals surface area contributed by atoms with Crippen molar-refractivity contribution in [1.29, 1.82) is 0 Å². The van der Waals surface area contributed by atoms with Crippen LogP contribution in [0, 0.1) is 0 Å². The molecule has 0 bridgehead atoms. The second-order valence-corrected chi connectivity index (χ2v) is 10.2. The molecule has 0 atom stereocenters. The number of nitrogens with zero attached hydrogens (tertiary/aromatic N) is 3. The molecule has 0 radical (unpaired) electrons. The van der Waals surface area contributed by atoms with Crippen molar-refractivity contribution in [1.82, 2.24) is 5.32 Å². The van der Waals surface area contributed by atoms with E-state index in [1.807, 2.05) is 0 Å². The molecular weight excluding hydrogens is 586 g/mol. The molecule has 2 aromatic carbocycles. The molecule has 0 fully saturated rings. The highest BCUT2D eigenvalue weighted by Gasteiger charge is 2.14. The molecule has 0 aliphatic rings. The third-order valence-corrected chi connectivity index (χ3v) is 6.57. The van der Waals surface area contributed by atoms with Gasteiger partial charge >= 0.3 is 0 Å². The molecule has 1 amide bonds. The highest BCUT2D eigenvalue weighted by molar-refractivity contribution is 7.86. The summed E-state index contributed by atoms with van der Waals surface area (Å²) in [5.74, 6) is -0.149. The van der Waals surface area contributed by atoms with E-state index in [4.69, 9.17) is 34.0 Å². The van der Waals surface area contributed by atoms with Crippen molar-refractivity contribution in [3.63, 3.8) is 0 Å². The number of carbonyl (C=O) groups excluding carboxylic acids is 1. The van der Waals surface area contributed by atoms with Gasteiger partial charge in [-0.05, 0) is 17.7 Å². The summed E-state index contributed by atoms with van der Waals surface area (Å²) in [4.78, 5) is 14.5. The van der Waals surface area contributed by atoms with Crippen LogP contribution in [0.2, 0.25) is 0 Å². The summed E-state index contributed by atoms with van der Waals surface area (Å²) in [6.07, 6.45) is 0.215. The fraction of sp³-hybridized carbons (Fsp3) is 0.593. The van der Waals surface area contributed by atoms with Crippen molar-refractivity contribution >= 4 is 32.5 Å². The number of nitrogens with one attached hydrogen (secondary N) is 2. The predicted octanol–water partition coefficient (Wildman–Crippen LogP) is 2.41. The number of anilines is 1. The van der Waals surface area contributed by atoms with Crippen molar-refractivity contribution in [3.05, 3.63) is 46.8 Å². The summed E-state index contributed by atoms with van der Waals surface area (Å²) in [6.45, 7) is 6.06. The number of hydrogen-bond acceptors (Lipinski definition) is 11. The molecule has 0 aromatic heterocycles. The average Bonchev–Trinajstić information content (AvgIpc) is 2.99. The normalized spacial score (nSPS) is 11.4. The molecule has 2 rings (SSSR count). The van der Waals surface area contributed by atoms with E-state index >= 15 is 0 Å². The lowest BCUT2D eigenvalue weighted by atomic mass is 10.1. The molecule has 43 heavy (non-hydrogen) atoms. The Kier molecular flexibility index (Phi) is 18.9. The van der Waals surface area contributed by atoms with E-state index in [0.29, 0.717) is 109 Å². The molecule has 0 heterocycles. The Morgan fingerprint density at radius 2 is 1.26 bits per heavy atom. The molecule has 0 aliphatic heterocycles. The zero-order valence-electron chi connectivity index (χ0n) is 24.1. The van der Waals surface area contributed by atoms with E-state index in [9.17, 15) is 17.8 Å². The lowest BCUT2D eigenvalue weighted by Crippen LogP contribution is -2.29. The highest BCUT2D eigenvalue weighted by atomic mass is 32.2. The molecule has 2 aromatic rings. The Balaban J connectivity index is 1.37. The number of benzene rings is 2. The van der Waals surface area contributed by atoms with Gasteiger partial charge in [0.25, 0.3) is 10.1 Å². The number of carbonyl (C=O) groups is 1. The summed E-state index contributed by atoms with van der Waals surface area (Å²) in [6, 6.07) is 9.79. The largest absolute Gasteiger partial charge is 0.383 e. The van der Waals surface area contributed by atoms with Gasteiger partial charge in [-0.25, -0.2) is 0 Å². The highest BCUT2D eigenvalue weighted by Crippen LogP contribution is 2.28. The predicted molar refractivity (Wildman–Crippen MR) is 159 cm³/mol. The van der Waals surface area contributed by atoms with Crippen LogP contribution in [0.3, 0.4) is 0 Å². The molecule has 0 saturated carbocycles. The van der Waals surface area contributed by atoms with Crippen molar-refractivity contribution in [2.24, 2.45) is 5.11 Å². The molecule has 0 aliphatic carbocycles. The average molecular weight is 628 g/mol. The maximum atomic E-state index is 12.0. The first kappa shape index (κ1) is 36.1. The number of hydrogen-bond donors (Lipinski definition) is 3. The van der Waals surface area contributed by atoms with E-state index in [1.54, 1.807) is 30.3 Å². The molecule has 0 unspecified atom stereocenters. The van der Waals surface area contributed by atoms with Gasteiger partial charge in [0.1, 0.15) is 4.90 Å². The van der Waals surface area contributed by atoms with Crippen LogP contribution >= 0.6 is 0 Å². The smallest absolute Gasteiger partial charge is 0.295 e. The number of ether oxygens (including phenoxy) is 6. The zero-order chi connectivity index (χ0) is 31.0. The summed E-state index contributed by atoms with van der Waals surface area (Å²) in [5, 5.41) is 10.4. The molecular formula is C27H41N5O10S. The molecule has 15 nitrogen and oxygen atoms in total. The number of rotatable bonds is 26. The van der Waals surface area contributed by atoms with Gasteiger partial charge in [0, 0.05) is 47.4 Å². The minimum absolute atomic E-state index is 0.149. The van der Waals surface area contributed by atoms with Crippen LogP contribution < -0.4 is 10.6 Å².